The van der Waals surface area contributed by atoms with Crippen molar-refractivity contribution in [3.05, 3.63) is 200 Å². The van der Waals surface area contributed by atoms with Crippen molar-refractivity contribution in [2.24, 2.45) is 0 Å². The van der Waals surface area contributed by atoms with Crippen LogP contribution in [0, 0.1) is 0 Å². The maximum atomic E-state index is 5.53. The van der Waals surface area contributed by atoms with Gasteiger partial charge in [-0.2, -0.15) is 0 Å². The SMILES string of the molecule is COc1ccc(N(c2ccc(-c3ccc(-n4c5ccccc5c5ccccc54)cc3)cc2)c2cc(-c3ccccc3)cc(-c3ccccc3)c2)cc1. The van der Waals surface area contributed by atoms with Crippen LogP contribution in [0.3, 0.4) is 0 Å². The third kappa shape index (κ3) is 5.78. The van der Waals surface area contributed by atoms with Gasteiger partial charge >= 0.3 is 0 Å². The molecule has 248 valence electrons. The lowest BCUT2D eigenvalue weighted by Crippen LogP contribution is -2.10. The first-order valence-corrected chi connectivity index (χ1v) is 17.6. The predicted octanol–water partition coefficient (Wildman–Crippen LogP) is 13.3. The Bertz CT molecular complexity index is 2510. The Hall–Kier alpha value is -6.84. The zero-order valence-corrected chi connectivity index (χ0v) is 28.9. The minimum atomic E-state index is 0.825. The number of rotatable bonds is 8. The standard InChI is InChI=1S/C49H36N2O/c1-52-45-30-28-42(29-31-45)50(44-33-39(35-12-4-2-5-13-35)32-40(34-44)36-14-6-3-7-15-36)41-24-20-37(21-25-41)38-22-26-43(27-23-38)51-48-18-10-8-16-46(48)47-17-9-11-19-49(47)51/h2-34H,1H3. The topological polar surface area (TPSA) is 17.4 Å². The minimum absolute atomic E-state index is 0.825. The van der Waals surface area contributed by atoms with Crippen molar-refractivity contribution in [3.8, 4) is 44.8 Å². The molecule has 0 fully saturated rings. The fourth-order valence-corrected chi connectivity index (χ4v) is 7.32. The van der Waals surface area contributed by atoms with Crippen LogP contribution in [0.15, 0.2) is 200 Å². The van der Waals surface area contributed by atoms with Gasteiger partial charge in [0.1, 0.15) is 5.75 Å². The van der Waals surface area contributed by atoms with E-state index in [2.05, 4.69) is 198 Å². The molecule has 3 nitrogen and oxygen atoms in total. The zero-order chi connectivity index (χ0) is 34.9. The molecule has 8 aromatic carbocycles. The molecule has 0 amide bonds. The quantitative estimate of drug-likeness (QED) is 0.160. The number of benzene rings is 8. The van der Waals surface area contributed by atoms with Crippen LogP contribution in [0.1, 0.15) is 0 Å². The summed E-state index contributed by atoms with van der Waals surface area (Å²) in [6.45, 7) is 0. The summed E-state index contributed by atoms with van der Waals surface area (Å²) in [7, 11) is 1.70. The summed E-state index contributed by atoms with van der Waals surface area (Å²) >= 11 is 0. The van der Waals surface area contributed by atoms with Gasteiger partial charge in [-0.3, -0.25) is 0 Å². The third-order valence-electron chi connectivity index (χ3n) is 9.89. The molecule has 9 rings (SSSR count). The zero-order valence-electron chi connectivity index (χ0n) is 28.9. The van der Waals surface area contributed by atoms with Crippen molar-refractivity contribution in [3.63, 3.8) is 0 Å². The molecule has 1 aromatic heterocycles. The Morgan fingerprint density at radius 2 is 0.788 bits per heavy atom. The Balaban J connectivity index is 1.12. The molecular weight excluding hydrogens is 633 g/mol. The molecule has 9 aromatic rings. The van der Waals surface area contributed by atoms with Gasteiger partial charge in [0.05, 0.1) is 18.1 Å². The van der Waals surface area contributed by atoms with E-state index >= 15 is 0 Å². The summed E-state index contributed by atoms with van der Waals surface area (Å²) in [5.41, 5.74) is 13.8. The van der Waals surface area contributed by atoms with Gasteiger partial charge in [-0.1, -0.05) is 121 Å². The third-order valence-corrected chi connectivity index (χ3v) is 9.89. The lowest BCUT2D eigenvalue weighted by molar-refractivity contribution is 0.415. The van der Waals surface area contributed by atoms with E-state index in [9.17, 15) is 0 Å². The maximum absolute atomic E-state index is 5.53. The van der Waals surface area contributed by atoms with Crippen molar-refractivity contribution in [1.29, 1.82) is 0 Å². The molecule has 0 aliphatic carbocycles. The number of methoxy groups -OCH3 is 1. The Morgan fingerprint density at radius 1 is 0.365 bits per heavy atom. The molecule has 0 aliphatic heterocycles. The maximum Gasteiger partial charge on any atom is 0.119 e. The van der Waals surface area contributed by atoms with E-state index in [0.717, 1.165) is 45.2 Å². The van der Waals surface area contributed by atoms with Gasteiger partial charge in [0, 0.05) is 33.5 Å². The van der Waals surface area contributed by atoms with Crippen LogP contribution < -0.4 is 9.64 Å². The molecule has 0 saturated carbocycles. The van der Waals surface area contributed by atoms with Gasteiger partial charge in [0.15, 0.2) is 0 Å². The first-order valence-electron chi connectivity index (χ1n) is 17.6. The molecule has 0 radical (unpaired) electrons. The summed E-state index contributed by atoms with van der Waals surface area (Å²) in [6, 6.07) is 71.4. The second-order valence-corrected chi connectivity index (χ2v) is 13.0. The van der Waals surface area contributed by atoms with Crippen molar-refractivity contribution < 1.29 is 4.74 Å². The lowest BCUT2D eigenvalue weighted by atomic mass is 9.97. The highest BCUT2D eigenvalue weighted by Crippen LogP contribution is 2.41. The van der Waals surface area contributed by atoms with Crippen molar-refractivity contribution in [2.45, 2.75) is 0 Å². The number of ether oxygens (including phenoxy) is 1. The monoisotopic (exact) mass is 668 g/mol. The molecule has 0 bridgehead atoms. The molecule has 0 N–H and O–H groups in total. The highest BCUT2D eigenvalue weighted by Gasteiger charge is 2.17. The smallest absolute Gasteiger partial charge is 0.119 e. The van der Waals surface area contributed by atoms with Crippen LogP contribution in [0.2, 0.25) is 0 Å². The van der Waals surface area contributed by atoms with Crippen LogP contribution in [0.4, 0.5) is 17.1 Å². The van der Waals surface area contributed by atoms with Crippen LogP contribution in [-0.4, -0.2) is 11.7 Å². The fourth-order valence-electron chi connectivity index (χ4n) is 7.32. The normalized spacial score (nSPS) is 11.2. The lowest BCUT2D eigenvalue weighted by Gasteiger charge is -2.27. The Kier molecular flexibility index (Phi) is 8.07. The second-order valence-electron chi connectivity index (χ2n) is 13.0. The van der Waals surface area contributed by atoms with Crippen molar-refractivity contribution in [1.82, 2.24) is 4.57 Å². The van der Waals surface area contributed by atoms with Gasteiger partial charge in [0.25, 0.3) is 0 Å². The van der Waals surface area contributed by atoms with Gasteiger partial charge in [0.2, 0.25) is 0 Å². The van der Waals surface area contributed by atoms with E-state index in [1.807, 2.05) is 12.1 Å². The number of nitrogens with zero attached hydrogens (tertiary/aromatic N) is 2. The number of aromatic nitrogens is 1. The number of para-hydroxylation sites is 2. The number of hydrogen-bond acceptors (Lipinski definition) is 2. The summed E-state index contributed by atoms with van der Waals surface area (Å²) < 4.78 is 7.89. The molecule has 0 spiro atoms. The summed E-state index contributed by atoms with van der Waals surface area (Å²) in [6.07, 6.45) is 0. The van der Waals surface area contributed by atoms with Crippen molar-refractivity contribution in [2.75, 3.05) is 12.0 Å². The van der Waals surface area contributed by atoms with E-state index in [0.29, 0.717) is 0 Å². The summed E-state index contributed by atoms with van der Waals surface area (Å²) in [5, 5.41) is 2.54. The molecule has 0 aliphatic rings. The summed E-state index contributed by atoms with van der Waals surface area (Å²) in [4.78, 5) is 2.33. The van der Waals surface area contributed by atoms with Crippen LogP contribution in [-0.2, 0) is 0 Å². The van der Waals surface area contributed by atoms with Crippen molar-refractivity contribution >= 4 is 38.9 Å². The van der Waals surface area contributed by atoms with Gasteiger partial charge < -0.3 is 14.2 Å². The van der Waals surface area contributed by atoms with E-state index in [1.54, 1.807) is 7.11 Å². The molecule has 1 heterocycles. The summed E-state index contributed by atoms with van der Waals surface area (Å²) in [5.74, 6) is 0.825. The predicted molar refractivity (Wildman–Crippen MR) is 218 cm³/mol. The average molecular weight is 669 g/mol. The molecule has 0 unspecified atom stereocenters. The number of fused-ring (bicyclic) bond motifs is 3. The molecule has 0 saturated heterocycles. The number of hydrogen-bond donors (Lipinski definition) is 0. The largest absolute Gasteiger partial charge is 0.497 e. The molecule has 3 heteroatoms. The van der Waals surface area contributed by atoms with E-state index in [-0.39, 0.29) is 0 Å². The van der Waals surface area contributed by atoms with Crippen LogP contribution >= 0.6 is 0 Å². The molecule has 52 heavy (non-hydrogen) atoms. The van der Waals surface area contributed by atoms with Gasteiger partial charge in [-0.15, -0.1) is 0 Å². The van der Waals surface area contributed by atoms with Crippen LogP contribution in [0.25, 0.3) is 60.9 Å². The highest BCUT2D eigenvalue weighted by molar-refractivity contribution is 6.09. The van der Waals surface area contributed by atoms with E-state index in [4.69, 9.17) is 4.74 Å². The van der Waals surface area contributed by atoms with Crippen LogP contribution in [0.5, 0.6) is 5.75 Å². The second kappa shape index (κ2) is 13.5. The van der Waals surface area contributed by atoms with E-state index < -0.39 is 0 Å². The molecule has 0 atom stereocenters. The van der Waals surface area contributed by atoms with Gasteiger partial charge in [-0.25, -0.2) is 0 Å². The Morgan fingerprint density at radius 3 is 1.29 bits per heavy atom. The first kappa shape index (κ1) is 31.2. The number of anilines is 3. The fraction of sp³-hybridized carbons (Fsp3) is 0.0204. The highest BCUT2D eigenvalue weighted by atomic mass is 16.5. The van der Waals surface area contributed by atoms with E-state index in [1.165, 1.54) is 38.5 Å². The van der Waals surface area contributed by atoms with Gasteiger partial charge in [-0.05, 0) is 112 Å². The Labute approximate surface area is 304 Å². The first-order chi connectivity index (χ1) is 25.7. The minimum Gasteiger partial charge on any atom is -0.497 e. The average Bonchev–Trinajstić information content (AvgIpc) is 3.56. The molecular formula is C49H36N2O.